The maximum atomic E-state index is 11.7. The third kappa shape index (κ3) is 3.71. The fourth-order valence-corrected chi connectivity index (χ4v) is 1.88. The molecule has 106 valence electrons. The van der Waals surface area contributed by atoms with Gasteiger partial charge in [0.1, 0.15) is 0 Å². The summed E-state index contributed by atoms with van der Waals surface area (Å²) in [5.41, 5.74) is 1.19. The van der Waals surface area contributed by atoms with Gasteiger partial charge in [-0.3, -0.25) is 10.1 Å². The highest BCUT2D eigenvalue weighted by Crippen LogP contribution is 2.35. The van der Waals surface area contributed by atoms with Gasteiger partial charge in [-0.1, -0.05) is 17.2 Å². The van der Waals surface area contributed by atoms with Gasteiger partial charge in [0.25, 0.3) is 5.69 Å². The lowest BCUT2D eigenvalue weighted by Crippen LogP contribution is -2.24. The van der Waals surface area contributed by atoms with Crippen LogP contribution in [0.1, 0.15) is 19.8 Å². The van der Waals surface area contributed by atoms with Gasteiger partial charge in [0.2, 0.25) is 0 Å². The van der Waals surface area contributed by atoms with Crippen LogP contribution in [0.15, 0.2) is 30.0 Å². The Kier molecular flexibility index (Phi) is 4.24. The molecule has 0 radical (unpaired) electrons. The molecule has 1 fully saturated rings. The second-order valence-corrected chi connectivity index (χ2v) is 5.09. The first-order valence-corrected chi connectivity index (χ1v) is 6.53. The minimum absolute atomic E-state index is 0.130. The van der Waals surface area contributed by atoms with E-state index >= 15 is 0 Å². The number of hydrogen-bond donors (Lipinski definition) is 2. The zero-order valence-corrected chi connectivity index (χ0v) is 11.6. The molecular weight excluding hydrogens is 282 g/mol. The summed E-state index contributed by atoms with van der Waals surface area (Å²) in [7, 11) is 0. The van der Waals surface area contributed by atoms with Crippen molar-refractivity contribution in [3.63, 3.8) is 0 Å². The number of nitro benzene ring substituents is 1. The lowest BCUT2D eigenvalue weighted by atomic mass is 10.2. The Labute approximate surface area is 121 Å². The Hall–Kier alpha value is -2.08. The van der Waals surface area contributed by atoms with Crippen molar-refractivity contribution < 1.29 is 9.72 Å². The van der Waals surface area contributed by atoms with Gasteiger partial charge in [0, 0.05) is 18.3 Å². The van der Waals surface area contributed by atoms with Crippen molar-refractivity contribution >= 4 is 29.0 Å². The number of carbonyl (C=O) groups excluding carboxylic acids is 1. The number of urea groups is 1. The van der Waals surface area contributed by atoms with Crippen LogP contribution in [0.3, 0.4) is 0 Å². The van der Waals surface area contributed by atoms with Gasteiger partial charge in [0.15, 0.2) is 0 Å². The molecular formula is C13H14ClN3O3. The van der Waals surface area contributed by atoms with Crippen LogP contribution in [0.5, 0.6) is 0 Å². The van der Waals surface area contributed by atoms with E-state index in [1.807, 2.05) is 6.92 Å². The highest BCUT2D eigenvalue weighted by molar-refractivity contribution is 6.33. The molecule has 0 bridgehead atoms. The zero-order chi connectivity index (χ0) is 14.7. The third-order valence-corrected chi connectivity index (χ3v) is 3.39. The van der Waals surface area contributed by atoms with Gasteiger partial charge in [-0.05, 0) is 31.7 Å². The van der Waals surface area contributed by atoms with Crippen LogP contribution in [0.4, 0.5) is 16.2 Å². The highest BCUT2D eigenvalue weighted by atomic mass is 35.5. The molecule has 20 heavy (non-hydrogen) atoms. The fourth-order valence-electron chi connectivity index (χ4n) is 1.72. The molecule has 0 spiro atoms. The predicted octanol–water partition coefficient (Wildman–Crippen LogP) is 3.68. The number of carbonyl (C=O) groups is 1. The molecule has 1 saturated carbocycles. The van der Waals surface area contributed by atoms with Crippen LogP contribution in [0, 0.1) is 16.0 Å². The zero-order valence-electron chi connectivity index (χ0n) is 10.9. The summed E-state index contributed by atoms with van der Waals surface area (Å²) in [5.74, 6) is 0.566. The number of anilines is 1. The van der Waals surface area contributed by atoms with Crippen molar-refractivity contribution in [2.75, 3.05) is 5.32 Å². The van der Waals surface area contributed by atoms with E-state index in [-0.39, 0.29) is 16.4 Å². The smallest absolute Gasteiger partial charge is 0.314 e. The van der Waals surface area contributed by atoms with Gasteiger partial charge in [-0.15, -0.1) is 0 Å². The van der Waals surface area contributed by atoms with Crippen LogP contribution in [0.25, 0.3) is 0 Å². The van der Waals surface area contributed by atoms with Crippen molar-refractivity contribution in [1.29, 1.82) is 0 Å². The van der Waals surface area contributed by atoms with Crippen LogP contribution in [-0.4, -0.2) is 11.0 Å². The number of amides is 2. The van der Waals surface area contributed by atoms with Crippen molar-refractivity contribution in [3.8, 4) is 0 Å². The lowest BCUT2D eigenvalue weighted by Gasteiger charge is -2.07. The number of nitrogens with one attached hydrogen (secondary N) is 2. The van der Waals surface area contributed by atoms with Crippen LogP contribution >= 0.6 is 11.6 Å². The number of allylic oxidation sites excluding steroid dienone is 1. The maximum Gasteiger partial charge on any atom is 0.323 e. The highest BCUT2D eigenvalue weighted by Gasteiger charge is 2.22. The molecule has 2 N–H and O–H groups in total. The van der Waals surface area contributed by atoms with E-state index in [9.17, 15) is 14.9 Å². The molecule has 7 heteroatoms. The molecule has 1 aromatic rings. The lowest BCUT2D eigenvalue weighted by molar-refractivity contribution is -0.384. The summed E-state index contributed by atoms with van der Waals surface area (Å²) in [4.78, 5) is 21.8. The van der Waals surface area contributed by atoms with Gasteiger partial charge in [-0.25, -0.2) is 4.79 Å². The average Bonchev–Trinajstić information content (AvgIpc) is 3.22. The van der Waals surface area contributed by atoms with Gasteiger partial charge >= 0.3 is 6.03 Å². The minimum Gasteiger partial charge on any atom is -0.314 e. The van der Waals surface area contributed by atoms with E-state index in [1.54, 1.807) is 6.20 Å². The summed E-state index contributed by atoms with van der Waals surface area (Å²) in [6, 6.07) is 3.40. The van der Waals surface area contributed by atoms with E-state index < -0.39 is 11.0 Å². The normalized spacial score (nSPS) is 14.8. The van der Waals surface area contributed by atoms with Gasteiger partial charge in [0.05, 0.1) is 15.6 Å². The van der Waals surface area contributed by atoms with Crippen LogP contribution < -0.4 is 10.6 Å². The molecule has 0 unspecified atom stereocenters. The Morgan fingerprint density at radius 2 is 2.20 bits per heavy atom. The van der Waals surface area contributed by atoms with E-state index in [0.717, 1.165) is 18.4 Å². The van der Waals surface area contributed by atoms with E-state index in [2.05, 4.69) is 10.6 Å². The molecule has 0 heterocycles. The number of nitrogens with zero attached hydrogens (tertiary/aromatic N) is 1. The topological polar surface area (TPSA) is 84.3 Å². The molecule has 2 amide bonds. The van der Waals surface area contributed by atoms with Crippen LogP contribution in [0.2, 0.25) is 5.02 Å². The molecule has 6 nitrogen and oxygen atoms in total. The summed E-state index contributed by atoms with van der Waals surface area (Å²) in [6.45, 7) is 1.96. The molecule has 0 aliphatic heterocycles. The first kappa shape index (κ1) is 14.3. The monoisotopic (exact) mass is 295 g/mol. The molecule has 0 saturated heterocycles. The second-order valence-electron chi connectivity index (χ2n) is 4.68. The summed E-state index contributed by atoms with van der Waals surface area (Å²) in [6.07, 6.45) is 3.96. The molecule has 1 aromatic carbocycles. The first-order chi connectivity index (χ1) is 9.47. The Bertz CT molecular complexity index is 582. The molecule has 2 rings (SSSR count). The van der Waals surface area contributed by atoms with Gasteiger partial charge in [-0.2, -0.15) is 0 Å². The quantitative estimate of drug-likeness (QED) is 0.656. The second kappa shape index (κ2) is 5.92. The third-order valence-electron chi connectivity index (χ3n) is 3.06. The van der Waals surface area contributed by atoms with E-state index in [1.165, 1.54) is 18.2 Å². The standard InChI is InChI=1S/C13H14ClN3O3/c1-8(9-2-3-9)7-15-13(18)16-12-6-10(17(19)20)4-5-11(12)14/h4-7,9H,2-3H2,1H3,(H2,15,16,18)/b8-7+. The molecule has 1 aliphatic carbocycles. The number of non-ortho nitro benzene ring substituents is 1. The van der Waals surface area contributed by atoms with Crippen molar-refractivity contribution in [1.82, 2.24) is 5.32 Å². The number of hydrogen-bond acceptors (Lipinski definition) is 3. The first-order valence-electron chi connectivity index (χ1n) is 6.15. The molecule has 0 atom stereocenters. The summed E-state index contributed by atoms with van der Waals surface area (Å²) < 4.78 is 0. The van der Waals surface area contributed by atoms with E-state index in [4.69, 9.17) is 11.6 Å². The number of rotatable bonds is 4. The Morgan fingerprint density at radius 1 is 1.50 bits per heavy atom. The number of halogens is 1. The average molecular weight is 296 g/mol. The SMILES string of the molecule is C/C(=C\NC(=O)Nc1cc([N+](=O)[O-])ccc1Cl)C1CC1. The Balaban J connectivity index is 2.01. The fraction of sp³-hybridized carbons (Fsp3) is 0.308. The minimum atomic E-state index is -0.545. The summed E-state index contributed by atoms with van der Waals surface area (Å²) >= 11 is 5.89. The molecule has 0 aromatic heterocycles. The largest absolute Gasteiger partial charge is 0.323 e. The number of nitro groups is 1. The van der Waals surface area contributed by atoms with Crippen molar-refractivity contribution in [3.05, 3.63) is 45.1 Å². The maximum absolute atomic E-state index is 11.7. The molecule has 1 aliphatic rings. The predicted molar refractivity (Wildman–Crippen MR) is 76.7 cm³/mol. The van der Waals surface area contributed by atoms with Crippen molar-refractivity contribution in [2.24, 2.45) is 5.92 Å². The van der Waals surface area contributed by atoms with E-state index in [0.29, 0.717) is 5.92 Å². The number of benzene rings is 1. The van der Waals surface area contributed by atoms with Crippen LogP contribution in [-0.2, 0) is 0 Å². The van der Waals surface area contributed by atoms with Crippen molar-refractivity contribution in [2.45, 2.75) is 19.8 Å². The Morgan fingerprint density at radius 3 is 2.80 bits per heavy atom. The summed E-state index contributed by atoms with van der Waals surface area (Å²) in [5, 5.41) is 16.0. The van der Waals surface area contributed by atoms with Gasteiger partial charge < -0.3 is 10.6 Å².